The molecular weight excluding hydrogens is 489 g/mol. The Balaban J connectivity index is 1.69. The number of aliphatic hydroxyl groups is 1. The Hall–Kier alpha value is -3.20. The Morgan fingerprint density at radius 1 is 1.12 bits per heavy atom. The van der Waals surface area contributed by atoms with Crippen molar-refractivity contribution in [2.75, 3.05) is 18.8 Å². The van der Waals surface area contributed by atoms with Crippen LogP contribution in [0.5, 0.6) is 17.2 Å². The summed E-state index contributed by atoms with van der Waals surface area (Å²) in [6, 6.07) is 10.6. The van der Waals surface area contributed by atoms with Gasteiger partial charge in [-0.2, -0.15) is 0 Å². The molecule has 3 heterocycles. The van der Waals surface area contributed by atoms with E-state index in [-0.39, 0.29) is 39.5 Å². The van der Waals surface area contributed by atoms with Crippen molar-refractivity contribution in [3.8, 4) is 17.2 Å². The zero-order chi connectivity index (χ0) is 23.3. The van der Waals surface area contributed by atoms with E-state index in [9.17, 15) is 14.7 Å². The van der Waals surface area contributed by atoms with E-state index in [0.717, 1.165) is 0 Å². The van der Waals surface area contributed by atoms with E-state index in [2.05, 4.69) is 0 Å². The minimum Gasteiger partial charge on any atom is -0.507 e. The van der Waals surface area contributed by atoms with Gasteiger partial charge in [0.15, 0.2) is 17.2 Å². The van der Waals surface area contributed by atoms with Gasteiger partial charge < -0.3 is 19.3 Å². The second kappa shape index (κ2) is 8.30. The van der Waals surface area contributed by atoms with Crippen molar-refractivity contribution in [2.24, 2.45) is 0 Å². The molecule has 1 atom stereocenters. The van der Waals surface area contributed by atoms with Gasteiger partial charge in [-0.1, -0.05) is 29.3 Å². The van der Waals surface area contributed by atoms with E-state index in [1.165, 1.54) is 35.5 Å². The predicted octanol–water partition coefficient (Wildman–Crippen LogP) is 5.42. The molecule has 3 aromatic rings. The molecule has 1 unspecified atom stereocenters. The van der Waals surface area contributed by atoms with Crippen LogP contribution in [0.4, 0.5) is 5.69 Å². The molecule has 0 bridgehead atoms. The first-order valence-corrected chi connectivity index (χ1v) is 11.3. The number of Topliss-reactive ketones (excluding diaryl/α,β-unsaturated/α-hetero) is 1. The highest BCUT2D eigenvalue weighted by molar-refractivity contribution is 7.10. The minimum atomic E-state index is -0.856. The van der Waals surface area contributed by atoms with Gasteiger partial charge in [0.1, 0.15) is 11.8 Å². The molecule has 0 radical (unpaired) electrons. The summed E-state index contributed by atoms with van der Waals surface area (Å²) < 4.78 is 15.9. The van der Waals surface area contributed by atoms with Crippen molar-refractivity contribution in [3.05, 3.63) is 73.9 Å². The van der Waals surface area contributed by atoms with Gasteiger partial charge in [0, 0.05) is 22.2 Å². The topological polar surface area (TPSA) is 85.3 Å². The van der Waals surface area contributed by atoms with Crippen molar-refractivity contribution in [2.45, 2.75) is 6.04 Å². The van der Waals surface area contributed by atoms with Crippen LogP contribution in [0.2, 0.25) is 10.0 Å². The number of amides is 1. The largest absolute Gasteiger partial charge is 0.507 e. The number of anilines is 1. The molecule has 2 aromatic carbocycles. The van der Waals surface area contributed by atoms with Crippen LogP contribution < -0.4 is 19.1 Å². The molecule has 5 rings (SSSR count). The fourth-order valence-electron chi connectivity index (χ4n) is 3.90. The zero-order valence-electron chi connectivity index (χ0n) is 17.0. The lowest BCUT2D eigenvalue weighted by Crippen LogP contribution is -2.29. The normalized spacial score (nSPS) is 18.8. The highest BCUT2D eigenvalue weighted by Crippen LogP contribution is 2.46. The summed E-state index contributed by atoms with van der Waals surface area (Å²) in [4.78, 5) is 28.4. The molecule has 1 N–H and O–H groups in total. The number of benzene rings is 2. The van der Waals surface area contributed by atoms with Crippen molar-refractivity contribution >= 4 is 57.7 Å². The van der Waals surface area contributed by atoms with Gasteiger partial charge in [-0.05, 0) is 35.7 Å². The molecule has 1 fully saturated rings. The smallest absolute Gasteiger partial charge is 0.300 e. The van der Waals surface area contributed by atoms with Gasteiger partial charge in [-0.25, -0.2) is 0 Å². The van der Waals surface area contributed by atoms with Gasteiger partial charge in [0.2, 0.25) is 6.79 Å². The molecule has 168 valence electrons. The third-order valence-corrected chi connectivity index (χ3v) is 6.85. The zero-order valence-corrected chi connectivity index (χ0v) is 19.3. The summed E-state index contributed by atoms with van der Waals surface area (Å²) in [5.74, 6) is -0.739. The number of carbonyl (C=O) groups excluding carboxylic acids is 2. The van der Waals surface area contributed by atoms with E-state index in [4.69, 9.17) is 37.4 Å². The molecule has 0 spiro atoms. The van der Waals surface area contributed by atoms with Crippen LogP contribution in [0.25, 0.3) is 5.76 Å². The van der Waals surface area contributed by atoms with E-state index >= 15 is 0 Å². The van der Waals surface area contributed by atoms with Crippen LogP contribution in [0, 0.1) is 0 Å². The number of hydrogen-bond donors (Lipinski definition) is 1. The van der Waals surface area contributed by atoms with Crippen LogP contribution in [0.1, 0.15) is 16.5 Å². The van der Waals surface area contributed by atoms with Crippen LogP contribution in [-0.2, 0) is 9.59 Å². The number of nitrogens with zero attached hydrogens (tertiary/aromatic N) is 1. The first-order chi connectivity index (χ1) is 15.9. The lowest BCUT2D eigenvalue weighted by Gasteiger charge is -2.24. The average Bonchev–Trinajstić information content (AvgIpc) is 3.53. The molecule has 10 heteroatoms. The Morgan fingerprint density at radius 3 is 2.52 bits per heavy atom. The van der Waals surface area contributed by atoms with Gasteiger partial charge >= 0.3 is 0 Å². The Bertz CT molecular complexity index is 1300. The number of carbonyl (C=O) groups is 2. The molecular formula is C23H15Cl2NO6S. The van der Waals surface area contributed by atoms with Crippen LogP contribution in [-0.4, -0.2) is 30.7 Å². The predicted molar refractivity (Wildman–Crippen MR) is 125 cm³/mol. The molecule has 1 saturated heterocycles. The molecule has 0 saturated carbocycles. The van der Waals surface area contributed by atoms with Gasteiger partial charge in [0.05, 0.1) is 22.7 Å². The van der Waals surface area contributed by atoms with Crippen molar-refractivity contribution in [1.29, 1.82) is 0 Å². The third kappa shape index (κ3) is 3.51. The number of aliphatic hydroxyl groups excluding tert-OH is 1. The molecule has 2 aliphatic rings. The second-order valence-corrected chi connectivity index (χ2v) is 8.99. The Kier molecular flexibility index (Phi) is 5.44. The van der Waals surface area contributed by atoms with Gasteiger partial charge in [-0.15, -0.1) is 11.3 Å². The SMILES string of the molecule is COc1c(Cl)cc(/C(O)=C2/C(=O)C(=O)N(c3ccc4c(c3)OCO4)C2c2cccs2)cc1Cl. The summed E-state index contributed by atoms with van der Waals surface area (Å²) >= 11 is 13.8. The number of ether oxygens (including phenoxy) is 3. The van der Waals surface area contributed by atoms with E-state index < -0.39 is 17.7 Å². The average molecular weight is 504 g/mol. The van der Waals surface area contributed by atoms with Crippen LogP contribution >= 0.6 is 34.5 Å². The fourth-order valence-corrected chi connectivity index (χ4v) is 5.36. The van der Waals surface area contributed by atoms with E-state index in [0.29, 0.717) is 22.1 Å². The maximum absolute atomic E-state index is 13.2. The number of rotatable bonds is 4. The number of hydrogen-bond acceptors (Lipinski definition) is 7. The van der Waals surface area contributed by atoms with Crippen LogP contribution in [0.15, 0.2) is 53.4 Å². The minimum absolute atomic E-state index is 0.0718. The summed E-state index contributed by atoms with van der Waals surface area (Å²) in [7, 11) is 1.42. The second-order valence-electron chi connectivity index (χ2n) is 7.20. The highest BCUT2D eigenvalue weighted by atomic mass is 35.5. The highest BCUT2D eigenvalue weighted by Gasteiger charge is 2.47. The number of halogens is 2. The summed E-state index contributed by atoms with van der Waals surface area (Å²) in [5, 5.41) is 13.3. The first kappa shape index (κ1) is 21.6. The third-order valence-electron chi connectivity index (χ3n) is 5.37. The van der Waals surface area contributed by atoms with Crippen LogP contribution in [0.3, 0.4) is 0 Å². The maximum Gasteiger partial charge on any atom is 0.300 e. The first-order valence-electron chi connectivity index (χ1n) is 9.68. The van der Waals surface area contributed by atoms with E-state index in [1.807, 2.05) is 5.38 Å². The molecule has 2 aliphatic heterocycles. The van der Waals surface area contributed by atoms with Gasteiger partial charge in [-0.3, -0.25) is 14.5 Å². The summed E-state index contributed by atoms with van der Waals surface area (Å²) in [5.41, 5.74) is 0.554. The molecule has 1 aromatic heterocycles. The maximum atomic E-state index is 13.2. The molecule has 1 amide bonds. The summed E-state index contributed by atoms with van der Waals surface area (Å²) in [6.07, 6.45) is 0. The molecule has 7 nitrogen and oxygen atoms in total. The van der Waals surface area contributed by atoms with Crippen molar-refractivity contribution in [3.63, 3.8) is 0 Å². The molecule has 33 heavy (non-hydrogen) atoms. The number of fused-ring (bicyclic) bond motifs is 1. The fraction of sp³-hybridized carbons (Fsp3) is 0.130. The monoisotopic (exact) mass is 503 g/mol. The van der Waals surface area contributed by atoms with Crippen molar-refractivity contribution in [1.82, 2.24) is 0 Å². The lowest BCUT2D eigenvalue weighted by atomic mass is 9.99. The number of thiophene rings is 1. The summed E-state index contributed by atoms with van der Waals surface area (Å²) in [6.45, 7) is 0.0744. The number of methoxy groups -OCH3 is 1. The Labute approximate surface area is 202 Å². The quantitative estimate of drug-likeness (QED) is 0.290. The Morgan fingerprint density at radius 2 is 1.85 bits per heavy atom. The number of ketones is 1. The van der Waals surface area contributed by atoms with Crippen molar-refractivity contribution < 1.29 is 28.9 Å². The standard InChI is InChI=1S/C23H15Cl2NO6S/c1-30-22-13(24)7-11(8-14(22)25)20(27)18-19(17-3-2-6-33-17)26(23(29)21(18)28)12-4-5-15-16(9-12)32-10-31-15/h2-9,19,27H,10H2,1H3/b20-18-. The van der Waals surface area contributed by atoms with E-state index in [1.54, 1.807) is 30.3 Å². The lowest BCUT2D eigenvalue weighted by molar-refractivity contribution is -0.132. The molecule has 0 aliphatic carbocycles. The van der Waals surface area contributed by atoms with Gasteiger partial charge in [0.25, 0.3) is 11.7 Å².